The maximum Gasteiger partial charge on any atom is 0.339 e. The van der Waals surface area contributed by atoms with Crippen molar-refractivity contribution in [3.63, 3.8) is 0 Å². The van der Waals surface area contributed by atoms with Crippen molar-refractivity contribution >= 4 is 11.7 Å². The van der Waals surface area contributed by atoms with Crippen LogP contribution in [0.15, 0.2) is 42.5 Å². The average Bonchev–Trinajstić information content (AvgIpc) is 2.47. The summed E-state index contributed by atoms with van der Waals surface area (Å²) in [7, 11) is 0. The molecule has 0 fully saturated rings. The average molecular weight is 284 g/mol. The molecule has 0 saturated heterocycles. The minimum Gasteiger partial charge on any atom is -0.478 e. The third-order valence-electron chi connectivity index (χ3n) is 2.63. The number of benzene rings is 2. The van der Waals surface area contributed by atoms with Crippen molar-refractivity contribution in [1.82, 2.24) is 0 Å². The number of ether oxygens (including phenoxy) is 1. The molecule has 0 radical (unpaired) electrons. The van der Waals surface area contributed by atoms with E-state index in [-0.39, 0.29) is 28.3 Å². The van der Waals surface area contributed by atoms with Crippen molar-refractivity contribution in [3.05, 3.63) is 63.7 Å². The number of hydrogen-bond donors (Lipinski definition) is 1. The van der Waals surface area contributed by atoms with Crippen LogP contribution >= 0.6 is 0 Å². The SMILES string of the molecule is N#Cc1ccccc1Oc1cc([N+](=O)[O-])ccc1C(=O)O. The molecule has 0 unspecified atom stereocenters. The molecule has 2 rings (SSSR count). The number of hydrogen-bond acceptors (Lipinski definition) is 5. The summed E-state index contributed by atoms with van der Waals surface area (Å²) >= 11 is 0. The number of carbonyl (C=O) groups is 1. The van der Waals surface area contributed by atoms with Crippen LogP contribution in [-0.2, 0) is 0 Å². The van der Waals surface area contributed by atoms with Crippen molar-refractivity contribution in [2.75, 3.05) is 0 Å². The Bertz CT molecular complexity index is 764. The second kappa shape index (κ2) is 5.71. The quantitative estimate of drug-likeness (QED) is 0.682. The molecule has 7 heteroatoms. The number of rotatable bonds is 4. The van der Waals surface area contributed by atoms with Crippen molar-refractivity contribution in [2.24, 2.45) is 0 Å². The van der Waals surface area contributed by atoms with Gasteiger partial charge >= 0.3 is 5.97 Å². The van der Waals surface area contributed by atoms with Gasteiger partial charge in [-0.05, 0) is 18.2 Å². The summed E-state index contributed by atoms with van der Waals surface area (Å²) in [5, 5.41) is 28.8. The Hall–Kier alpha value is -3.40. The number of nitro benzene ring substituents is 1. The smallest absolute Gasteiger partial charge is 0.339 e. The zero-order chi connectivity index (χ0) is 15.4. The molecule has 0 atom stereocenters. The van der Waals surface area contributed by atoms with Crippen LogP contribution in [0.4, 0.5) is 5.69 Å². The molecule has 7 nitrogen and oxygen atoms in total. The fourth-order valence-electron chi connectivity index (χ4n) is 1.65. The molecule has 2 aromatic carbocycles. The van der Waals surface area contributed by atoms with E-state index in [1.54, 1.807) is 12.1 Å². The standard InChI is InChI=1S/C14H8N2O5/c15-8-9-3-1-2-4-12(9)21-13-7-10(16(19)20)5-6-11(13)14(17)18/h1-7H,(H,17,18). The van der Waals surface area contributed by atoms with Crippen LogP contribution < -0.4 is 4.74 Å². The molecule has 1 N–H and O–H groups in total. The first kappa shape index (κ1) is 14.0. The molecule has 0 bridgehead atoms. The maximum absolute atomic E-state index is 11.1. The van der Waals surface area contributed by atoms with Gasteiger partial charge in [0.25, 0.3) is 5.69 Å². The minimum absolute atomic E-state index is 0.128. The third-order valence-corrected chi connectivity index (χ3v) is 2.63. The summed E-state index contributed by atoms with van der Waals surface area (Å²) in [6.45, 7) is 0. The van der Waals surface area contributed by atoms with Crippen LogP contribution in [0.3, 0.4) is 0 Å². The zero-order valence-electron chi connectivity index (χ0n) is 10.5. The van der Waals surface area contributed by atoms with Gasteiger partial charge in [-0.2, -0.15) is 5.26 Å². The van der Waals surface area contributed by atoms with E-state index in [2.05, 4.69) is 0 Å². The lowest BCUT2D eigenvalue weighted by Crippen LogP contribution is -2.01. The highest BCUT2D eigenvalue weighted by Crippen LogP contribution is 2.31. The van der Waals surface area contributed by atoms with Crippen molar-refractivity contribution in [3.8, 4) is 17.6 Å². The number of nitriles is 1. The molecule has 0 aliphatic heterocycles. The van der Waals surface area contributed by atoms with Gasteiger partial charge in [0.05, 0.1) is 16.6 Å². The second-order valence-corrected chi connectivity index (χ2v) is 3.95. The van der Waals surface area contributed by atoms with Crippen LogP contribution in [-0.4, -0.2) is 16.0 Å². The number of nitro groups is 1. The Balaban J connectivity index is 2.51. The molecular formula is C14H8N2O5. The summed E-state index contributed by atoms with van der Waals surface area (Å²) < 4.78 is 5.38. The zero-order valence-corrected chi connectivity index (χ0v) is 10.5. The molecule has 104 valence electrons. The largest absolute Gasteiger partial charge is 0.478 e. The van der Waals surface area contributed by atoms with Gasteiger partial charge in [0.1, 0.15) is 23.1 Å². The van der Waals surface area contributed by atoms with E-state index in [0.717, 1.165) is 18.2 Å². The van der Waals surface area contributed by atoms with Gasteiger partial charge in [0.2, 0.25) is 0 Å². The van der Waals surface area contributed by atoms with E-state index in [1.165, 1.54) is 12.1 Å². The number of para-hydroxylation sites is 1. The van der Waals surface area contributed by atoms with Gasteiger partial charge in [-0.15, -0.1) is 0 Å². The van der Waals surface area contributed by atoms with Gasteiger partial charge in [-0.25, -0.2) is 4.79 Å². The number of carboxylic acids is 1. The first-order valence-electron chi connectivity index (χ1n) is 5.71. The summed E-state index contributed by atoms with van der Waals surface area (Å²) in [5.74, 6) is -1.35. The summed E-state index contributed by atoms with van der Waals surface area (Å²) in [6, 6.07) is 11.3. The first-order valence-corrected chi connectivity index (χ1v) is 5.71. The predicted molar refractivity (Wildman–Crippen MR) is 71.3 cm³/mol. The maximum atomic E-state index is 11.1. The molecule has 21 heavy (non-hydrogen) atoms. The summed E-state index contributed by atoms with van der Waals surface area (Å²) in [4.78, 5) is 21.2. The highest BCUT2D eigenvalue weighted by Gasteiger charge is 2.18. The molecule has 0 aromatic heterocycles. The van der Waals surface area contributed by atoms with Gasteiger partial charge < -0.3 is 9.84 Å². The molecular weight excluding hydrogens is 276 g/mol. The molecule has 2 aromatic rings. The third kappa shape index (κ3) is 2.96. The van der Waals surface area contributed by atoms with Gasteiger partial charge in [0, 0.05) is 6.07 Å². The Morgan fingerprint density at radius 1 is 1.24 bits per heavy atom. The van der Waals surface area contributed by atoms with Crippen molar-refractivity contribution in [1.29, 1.82) is 5.26 Å². The molecule has 0 aliphatic carbocycles. The highest BCUT2D eigenvalue weighted by atomic mass is 16.6. The second-order valence-electron chi connectivity index (χ2n) is 3.95. The lowest BCUT2D eigenvalue weighted by molar-refractivity contribution is -0.384. The van der Waals surface area contributed by atoms with Crippen LogP contribution in [0.5, 0.6) is 11.5 Å². The van der Waals surface area contributed by atoms with Crippen LogP contribution in [0.25, 0.3) is 0 Å². The predicted octanol–water partition coefficient (Wildman–Crippen LogP) is 2.96. The first-order chi connectivity index (χ1) is 10.0. The monoisotopic (exact) mass is 284 g/mol. The number of nitrogens with zero attached hydrogens (tertiary/aromatic N) is 2. The van der Waals surface area contributed by atoms with Crippen molar-refractivity contribution < 1.29 is 19.6 Å². The molecule has 0 spiro atoms. The number of non-ortho nitro benzene ring substituents is 1. The van der Waals surface area contributed by atoms with E-state index < -0.39 is 10.9 Å². The topological polar surface area (TPSA) is 113 Å². The van der Waals surface area contributed by atoms with Gasteiger partial charge in [0.15, 0.2) is 0 Å². The van der Waals surface area contributed by atoms with Crippen LogP contribution in [0, 0.1) is 21.4 Å². The number of carboxylic acid groups (broad SMARTS) is 1. The fraction of sp³-hybridized carbons (Fsp3) is 0. The summed E-state index contributed by atoms with van der Waals surface area (Å²) in [5.41, 5.74) is -0.335. The minimum atomic E-state index is -1.28. The Morgan fingerprint density at radius 2 is 1.95 bits per heavy atom. The Morgan fingerprint density at radius 3 is 2.57 bits per heavy atom. The Labute approximate surface area is 118 Å². The van der Waals surface area contributed by atoms with Crippen LogP contribution in [0.1, 0.15) is 15.9 Å². The lowest BCUT2D eigenvalue weighted by atomic mass is 10.1. The molecule has 0 amide bonds. The highest BCUT2D eigenvalue weighted by molar-refractivity contribution is 5.91. The number of aromatic carboxylic acids is 1. The molecule has 0 aliphatic rings. The fourth-order valence-corrected chi connectivity index (χ4v) is 1.65. The normalized spacial score (nSPS) is 9.67. The van der Waals surface area contributed by atoms with E-state index in [4.69, 9.17) is 15.1 Å². The van der Waals surface area contributed by atoms with E-state index in [0.29, 0.717) is 0 Å². The van der Waals surface area contributed by atoms with Crippen molar-refractivity contribution in [2.45, 2.75) is 0 Å². The van der Waals surface area contributed by atoms with Crippen LogP contribution in [0.2, 0.25) is 0 Å². The van der Waals surface area contributed by atoms with E-state index in [1.807, 2.05) is 6.07 Å². The molecule has 0 heterocycles. The van der Waals surface area contributed by atoms with E-state index in [9.17, 15) is 14.9 Å². The molecule has 0 saturated carbocycles. The van der Waals surface area contributed by atoms with Gasteiger partial charge in [-0.1, -0.05) is 12.1 Å². The Kier molecular flexibility index (Phi) is 3.81. The summed E-state index contributed by atoms with van der Waals surface area (Å²) in [6.07, 6.45) is 0. The van der Waals surface area contributed by atoms with Gasteiger partial charge in [-0.3, -0.25) is 10.1 Å². The van der Waals surface area contributed by atoms with E-state index >= 15 is 0 Å². The lowest BCUT2D eigenvalue weighted by Gasteiger charge is -2.09.